The van der Waals surface area contributed by atoms with Crippen LogP contribution in [0.15, 0.2) is 24.3 Å². The zero-order chi connectivity index (χ0) is 15.7. The summed E-state index contributed by atoms with van der Waals surface area (Å²) in [6.45, 7) is 7.12. The third kappa shape index (κ3) is 2.86. The molecule has 5 heteroatoms. The fraction of sp³-hybridized carbons (Fsp3) is 0.529. The number of benzene rings is 1. The van der Waals surface area contributed by atoms with Gasteiger partial charge in [-0.15, -0.1) is 0 Å². The molecule has 0 radical (unpaired) electrons. The van der Waals surface area contributed by atoms with Crippen LogP contribution >= 0.6 is 0 Å². The molecule has 1 fully saturated rings. The Bertz CT molecular complexity index is 579. The Kier molecular flexibility index (Phi) is 4.16. The maximum absolute atomic E-state index is 12.7. The van der Waals surface area contributed by atoms with E-state index in [1.165, 1.54) is 5.56 Å². The Morgan fingerprint density at radius 2 is 1.82 bits per heavy atom. The number of rotatable bonds is 2. The van der Waals surface area contributed by atoms with Crippen molar-refractivity contribution in [3.63, 3.8) is 0 Å². The molecule has 0 N–H and O–H groups in total. The van der Waals surface area contributed by atoms with Gasteiger partial charge < -0.3 is 9.80 Å². The van der Waals surface area contributed by atoms with E-state index in [0.717, 1.165) is 38.3 Å². The van der Waals surface area contributed by atoms with Crippen LogP contribution in [0, 0.1) is 0 Å². The second-order valence-electron chi connectivity index (χ2n) is 6.23. The maximum Gasteiger partial charge on any atom is 0.241 e. The van der Waals surface area contributed by atoms with Crippen molar-refractivity contribution in [2.24, 2.45) is 0 Å². The Balaban J connectivity index is 1.62. The third-order valence-corrected chi connectivity index (χ3v) is 4.65. The van der Waals surface area contributed by atoms with E-state index in [1.807, 2.05) is 28.0 Å². The molecule has 0 spiro atoms. The number of piperazine rings is 1. The minimum atomic E-state index is 0.119. The largest absolute Gasteiger partial charge is 0.340 e. The van der Waals surface area contributed by atoms with Crippen LogP contribution < -0.4 is 4.90 Å². The molecule has 118 valence electrons. The first-order valence-electron chi connectivity index (χ1n) is 7.94. The topological polar surface area (TPSA) is 43.9 Å². The van der Waals surface area contributed by atoms with Gasteiger partial charge in [-0.05, 0) is 25.0 Å². The first kappa shape index (κ1) is 15.0. The summed E-state index contributed by atoms with van der Waals surface area (Å²) in [5, 5.41) is 0. The van der Waals surface area contributed by atoms with Crippen molar-refractivity contribution >= 4 is 17.5 Å². The smallest absolute Gasteiger partial charge is 0.241 e. The van der Waals surface area contributed by atoms with E-state index in [2.05, 4.69) is 17.9 Å². The van der Waals surface area contributed by atoms with Gasteiger partial charge in [0.25, 0.3) is 0 Å². The highest BCUT2D eigenvalue weighted by Crippen LogP contribution is 2.31. The fourth-order valence-corrected chi connectivity index (χ4v) is 3.43. The Labute approximate surface area is 131 Å². The number of amides is 2. The standard InChI is InChI=1S/C17H23N3O2/c1-13-11-15-5-3-4-6-16(15)20(13)17(22)12-18-7-9-19(10-8-18)14(2)21/h3-6,13H,7-12H2,1-2H3. The van der Waals surface area contributed by atoms with Crippen LogP contribution in [0.4, 0.5) is 5.69 Å². The molecule has 0 bridgehead atoms. The monoisotopic (exact) mass is 301 g/mol. The fourth-order valence-electron chi connectivity index (χ4n) is 3.43. The van der Waals surface area contributed by atoms with Crippen LogP contribution in [0.1, 0.15) is 19.4 Å². The number of para-hydroxylation sites is 1. The number of hydrogen-bond acceptors (Lipinski definition) is 3. The van der Waals surface area contributed by atoms with Gasteiger partial charge in [0.15, 0.2) is 0 Å². The minimum Gasteiger partial charge on any atom is -0.340 e. The van der Waals surface area contributed by atoms with Gasteiger partial charge in [0.2, 0.25) is 11.8 Å². The lowest BCUT2D eigenvalue weighted by Gasteiger charge is -2.35. The number of anilines is 1. The number of carbonyl (C=O) groups excluding carboxylic acids is 2. The number of hydrogen-bond donors (Lipinski definition) is 0. The van der Waals surface area contributed by atoms with E-state index in [4.69, 9.17) is 0 Å². The summed E-state index contributed by atoms with van der Waals surface area (Å²) >= 11 is 0. The van der Waals surface area contributed by atoms with Crippen LogP contribution in [0.2, 0.25) is 0 Å². The van der Waals surface area contributed by atoms with Gasteiger partial charge in [0.1, 0.15) is 0 Å². The third-order valence-electron chi connectivity index (χ3n) is 4.65. The summed E-state index contributed by atoms with van der Waals surface area (Å²) < 4.78 is 0. The summed E-state index contributed by atoms with van der Waals surface area (Å²) in [5.41, 5.74) is 2.31. The average Bonchev–Trinajstić information content (AvgIpc) is 2.83. The summed E-state index contributed by atoms with van der Waals surface area (Å²) in [4.78, 5) is 30.0. The van der Waals surface area contributed by atoms with E-state index in [9.17, 15) is 9.59 Å². The molecule has 0 aromatic heterocycles. The maximum atomic E-state index is 12.7. The van der Waals surface area contributed by atoms with Crippen LogP contribution in [-0.2, 0) is 16.0 Å². The van der Waals surface area contributed by atoms with Crippen molar-refractivity contribution in [3.8, 4) is 0 Å². The minimum absolute atomic E-state index is 0.119. The predicted molar refractivity (Wildman–Crippen MR) is 85.8 cm³/mol. The van der Waals surface area contributed by atoms with E-state index in [1.54, 1.807) is 6.92 Å². The quantitative estimate of drug-likeness (QED) is 0.822. The van der Waals surface area contributed by atoms with Crippen LogP contribution in [0.25, 0.3) is 0 Å². The number of fused-ring (bicyclic) bond motifs is 1. The summed E-state index contributed by atoms with van der Waals surface area (Å²) in [7, 11) is 0. The Morgan fingerprint density at radius 1 is 1.14 bits per heavy atom. The van der Waals surface area contributed by atoms with Gasteiger partial charge in [-0.25, -0.2) is 0 Å². The molecule has 1 atom stereocenters. The molecule has 2 aliphatic rings. The van der Waals surface area contributed by atoms with Crippen molar-refractivity contribution < 1.29 is 9.59 Å². The van der Waals surface area contributed by atoms with Gasteiger partial charge in [-0.2, -0.15) is 0 Å². The first-order valence-corrected chi connectivity index (χ1v) is 7.94. The van der Waals surface area contributed by atoms with Crippen molar-refractivity contribution in [1.82, 2.24) is 9.80 Å². The predicted octanol–water partition coefficient (Wildman–Crippen LogP) is 1.13. The molecule has 1 aromatic carbocycles. The Hall–Kier alpha value is -1.88. The molecule has 0 saturated carbocycles. The van der Waals surface area contributed by atoms with E-state index in [0.29, 0.717) is 6.54 Å². The highest BCUT2D eigenvalue weighted by Gasteiger charge is 2.31. The second-order valence-corrected chi connectivity index (χ2v) is 6.23. The molecule has 2 amide bonds. The molecule has 0 aliphatic carbocycles. The van der Waals surface area contributed by atoms with Gasteiger partial charge in [0, 0.05) is 44.8 Å². The van der Waals surface area contributed by atoms with Gasteiger partial charge in [-0.3, -0.25) is 14.5 Å². The zero-order valence-electron chi connectivity index (χ0n) is 13.3. The van der Waals surface area contributed by atoms with E-state index < -0.39 is 0 Å². The molecule has 22 heavy (non-hydrogen) atoms. The van der Waals surface area contributed by atoms with Gasteiger partial charge in [-0.1, -0.05) is 18.2 Å². The highest BCUT2D eigenvalue weighted by molar-refractivity contribution is 5.97. The highest BCUT2D eigenvalue weighted by atomic mass is 16.2. The number of carbonyl (C=O) groups is 2. The van der Waals surface area contributed by atoms with Gasteiger partial charge >= 0.3 is 0 Å². The lowest BCUT2D eigenvalue weighted by molar-refractivity contribution is -0.130. The normalized spacial score (nSPS) is 21.8. The summed E-state index contributed by atoms with van der Waals surface area (Å²) in [6.07, 6.45) is 0.931. The summed E-state index contributed by atoms with van der Waals surface area (Å²) in [6, 6.07) is 8.38. The summed E-state index contributed by atoms with van der Waals surface area (Å²) in [5.74, 6) is 0.279. The van der Waals surface area contributed by atoms with Crippen LogP contribution in [-0.4, -0.2) is 60.4 Å². The van der Waals surface area contributed by atoms with Crippen molar-refractivity contribution in [2.45, 2.75) is 26.3 Å². The molecule has 5 nitrogen and oxygen atoms in total. The first-order chi connectivity index (χ1) is 10.6. The number of nitrogens with zero attached hydrogens (tertiary/aromatic N) is 3. The second kappa shape index (κ2) is 6.08. The van der Waals surface area contributed by atoms with Crippen LogP contribution in [0.3, 0.4) is 0 Å². The molecule has 2 heterocycles. The molecular weight excluding hydrogens is 278 g/mol. The van der Waals surface area contributed by atoms with Crippen molar-refractivity contribution in [3.05, 3.63) is 29.8 Å². The van der Waals surface area contributed by atoms with Crippen LogP contribution in [0.5, 0.6) is 0 Å². The molecule has 3 rings (SSSR count). The molecule has 1 aromatic rings. The van der Waals surface area contributed by atoms with Gasteiger partial charge in [0.05, 0.1) is 6.54 Å². The van der Waals surface area contributed by atoms with E-state index in [-0.39, 0.29) is 17.9 Å². The van der Waals surface area contributed by atoms with E-state index >= 15 is 0 Å². The van der Waals surface area contributed by atoms with Crippen molar-refractivity contribution in [1.29, 1.82) is 0 Å². The zero-order valence-corrected chi connectivity index (χ0v) is 13.3. The average molecular weight is 301 g/mol. The van der Waals surface area contributed by atoms with Crippen molar-refractivity contribution in [2.75, 3.05) is 37.6 Å². The molecule has 2 aliphatic heterocycles. The lowest BCUT2D eigenvalue weighted by atomic mass is 10.1. The lowest BCUT2D eigenvalue weighted by Crippen LogP contribution is -2.51. The SMILES string of the molecule is CC(=O)N1CCN(CC(=O)N2c3ccccc3CC2C)CC1. The Morgan fingerprint density at radius 3 is 2.50 bits per heavy atom. The molecule has 1 saturated heterocycles. The molecule has 1 unspecified atom stereocenters. The molecular formula is C17H23N3O2.